The van der Waals surface area contributed by atoms with Crippen molar-refractivity contribution in [2.24, 2.45) is 15.7 Å². The molecule has 1 aromatic heterocycles. The van der Waals surface area contributed by atoms with Crippen LogP contribution in [-0.2, 0) is 0 Å². The number of rotatable bonds is 0. The molecule has 58 valence electrons. The highest BCUT2D eigenvalue weighted by atomic mass is 16.3. The molecule has 2 unspecified atom stereocenters. The van der Waals surface area contributed by atoms with Gasteiger partial charge in [0.1, 0.15) is 11.5 Å². The molecule has 0 saturated heterocycles. The molecule has 11 heavy (non-hydrogen) atoms. The lowest BCUT2D eigenvalue weighted by Gasteiger charge is -2.12. The quantitative estimate of drug-likeness (QED) is 0.528. The van der Waals surface area contributed by atoms with Gasteiger partial charge in [0, 0.05) is 6.07 Å². The Morgan fingerprint density at radius 3 is 3.18 bits per heavy atom. The zero-order chi connectivity index (χ0) is 7.84. The summed E-state index contributed by atoms with van der Waals surface area (Å²) in [5.41, 5.74) is 6.25. The topological polar surface area (TPSA) is 63.9 Å². The van der Waals surface area contributed by atoms with Gasteiger partial charge in [-0.15, -0.1) is 0 Å². The summed E-state index contributed by atoms with van der Waals surface area (Å²) in [6, 6.07) is 1.79. The molecule has 0 aromatic carbocycles. The third-order valence-electron chi connectivity index (χ3n) is 1.73. The zero-order valence-corrected chi connectivity index (χ0v) is 6.19. The highest BCUT2D eigenvalue weighted by Gasteiger charge is 2.13. The molecule has 0 aliphatic carbocycles. The van der Waals surface area contributed by atoms with E-state index < -0.39 is 0 Å². The van der Waals surface area contributed by atoms with E-state index in [4.69, 9.17) is 10.2 Å². The molecular formula is C7H9N3O. The van der Waals surface area contributed by atoms with Gasteiger partial charge in [-0.25, -0.2) is 4.99 Å². The van der Waals surface area contributed by atoms with Gasteiger partial charge in [0.2, 0.25) is 5.55 Å². The first-order valence-corrected chi connectivity index (χ1v) is 3.52. The largest absolute Gasteiger partial charge is 0.445 e. The minimum Gasteiger partial charge on any atom is -0.445 e. The Labute approximate surface area is 63.4 Å². The highest BCUT2D eigenvalue weighted by molar-refractivity contribution is 4.90. The summed E-state index contributed by atoms with van der Waals surface area (Å²) >= 11 is 0. The molecule has 0 fully saturated rings. The van der Waals surface area contributed by atoms with E-state index in [1.54, 1.807) is 12.3 Å². The van der Waals surface area contributed by atoms with E-state index in [0.717, 1.165) is 5.36 Å². The molecule has 1 aliphatic heterocycles. The molecule has 0 saturated carbocycles. The average Bonchev–Trinajstić information content (AvgIpc) is 2.36. The number of hydrogen-bond donors (Lipinski definition) is 1. The molecule has 2 heterocycles. The van der Waals surface area contributed by atoms with E-state index >= 15 is 0 Å². The van der Waals surface area contributed by atoms with Crippen molar-refractivity contribution in [2.75, 3.05) is 0 Å². The van der Waals surface area contributed by atoms with Crippen LogP contribution in [-0.4, -0.2) is 12.2 Å². The Morgan fingerprint density at radius 1 is 1.55 bits per heavy atom. The summed E-state index contributed by atoms with van der Waals surface area (Å²) in [5.74, 6) is 0. The van der Waals surface area contributed by atoms with Gasteiger partial charge in [-0.2, -0.15) is 0 Å². The molecule has 0 bridgehead atoms. The second kappa shape index (κ2) is 2.17. The van der Waals surface area contributed by atoms with Crippen LogP contribution in [0.3, 0.4) is 0 Å². The molecule has 0 spiro atoms. The minimum absolute atomic E-state index is 0.0219. The summed E-state index contributed by atoms with van der Waals surface area (Å²) in [6.07, 6.45) is 1.35. The normalized spacial score (nSPS) is 28.5. The van der Waals surface area contributed by atoms with E-state index in [-0.39, 0.29) is 12.2 Å². The van der Waals surface area contributed by atoms with Crippen molar-refractivity contribution in [1.82, 2.24) is 0 Å². The van der Waals surface area contributed by atoms with Crippen LogP contribution >= 0.6 is 0 Å². The summed E-state index contributed by atoms with van der Waals surface area (Å²) in [5, 5.41) is 0.760. The highest BCUT2D eigenvalue weighted by Crippen LogP contribution is 1.96. The van der Waals surface area contributed by atoms with Crippen molar-refractivity contribution in [2.45, 2.75) is 19.1 Å². The molecule has 1 aromatic rings. The lowest BCUT2D eigenvalue weighted by atomic mass is 10.3. The molecule has 4 nitrogen and oxygen atoms in total. The lowest BCUT2D eigenvalue weighted by molar-refractivity contribution is 0.450. The number of fused-ring (bicyclic) bond motifs is 1. The fourth-order valence-electron chi connectivity index (χ4n) is 1.02. The third-order valence-corrected chi connectivity index (χ3v) is 1.73. The summed E-state index contributed by atoms with van der Waals surface area (Å²) in [7, 11) is 0. The van der Waals surface area contributed by atoms with Gasteiger partial charge >= 0.3 is 0 Å². The van der Waals surface area contributed by atoms with Gasteiger partial charge in [0.15, 0.2) is 0 Å². The fourth-order valence-corrected chi connectivity index (χ4v) is 1.02. The van der Waals surface area contributed by atoms with Crippen molar-refractivity contribution >= 4 is 0 Å². The van der Waals surface area contributed by atoms with Gasteiger partial charge in [-0.1, -0.05) is 0 Å². The monoisotopic (exact) mass is 151 g/mol. The molecule has 1 aliphatic rings. The number of furan rings is 1. The molecular weight excluding hydrogens is 142 g/mol. The summed E-state index contributed by atoms with van der Waals surface area (Å²) in [6.45, 7) is 1.92. The third kappa shape index (κ3) is 0.952. The number of nitrogens with zero attached hydrogens (tertiary/aromatic N) is 2. The standard InChI is InChI=1S/C7H9N3O/c1-4-6(8)10-5-2-3-11-7(5)9-4/h2-4,6H,8H2,1H3. The maximum Gasteiger partial charge on any atom is 0.240 e. The van der Waals surface area contributed by atoms with Crippen molar-refractivity contribution in [3.05, 3.63) is 23.2 Å². The molecule has 2 rings (SSSR count). The van der Waals surface area contributed by atoms with Crippen LogP contribution in [0.2, 0.25) is 0 Å². The average molecular weight is 151 g/mol. The van der Waals surface area contributed by atoms with Gasteiger partial charge < -0.3 is 10.2 Å². The van der Waals surface area contributed by atoms with Crippen LogP contribution in [0.25, 0.3) is 0 Å². The Morgan fingerprint density at radius 2 is 2.36 bits per heavy atom. The van der Waals surface area contributed by atoms with E-state index in [1.165, 1.54) is 0 Å². The Balaban J connectivity index is 2.69. The molecule has 0 amide bonds. The van der Waals surface area contributed by atoms with Crippen LogP contribution in [0, 0.1) is 0 Å². The lowest BCUT2D eigenvalue weighted by Crippen LogP contribution is -2.40. The molecule has 2 atom stereocenters. The van der Waals surface area contributed by atoms with E-state index in [0.29, 0.717) is 5.55 Å². The van der Waals surface area contributed by atoms with E-state index in [9.17, 15) is 0 Å². The first-order valence-electron chi connectivity index (χ1n) is 3.52. The Hall–Kier alpha value is -1.16. The van der Waals surface area contributed by atoms with Crippen LogP contribution in [0.5, 0.6) is 0 Å². The second-order valence-corrected chi connectivity index (χ2v) is 2.60. The van der Waals surface area contributed by atoms with Gasteiger partial charge in [-0.05, 0) is 6.92 Å². The molecule has 2 N–H and O–H groups in total. The van der Waals surface area contributed by atoms with E-state index in [2.05, 4.69) is 9.98 Å². The summed E-state index contributed by atoms with van der Waals surface area (Å²) < 4.78 is 5.06. The Bertz CT molecular complexity index is 333. The van der Waals surface area contributed by atoms with Crippen LogP contribution in [0.15, 0.2) is 26.7 Å². The summed E-state index contributed by atoms with van der Waals surface area (Å²) in [4.78, 5) is 8.38. The smallest absolute Gasteiger partial charge is 0.240 e. The fraction of sp³-hybridized carbons (Fsp3) is 0.429. The van der Waals surface area contributed by atoms with Crippen LogP contribution in [0.1, 0.15) is 6.92 Å². The van der Waals surface area contributed by atoms with E-state index in [1.807, 2.05) is 6.92 Å². The predicted molar refractivity (Wildman–Crippen MR) is 38.5 cm³/mol. The van der Waals surface area contributed by atoms with Crippen LogP contribution < -0.4 is 16.6 Å². The van der Waals surface area contributed by atoms with Gasteiger partial charge in [0.05, 0.1) is 12.3 Å². The first-order chi connectivity index (χ1) is 5.27. The van der Waals surface area contributed by atoms with Crippen LogP contribution in [0.4, 0.5) is 0 Å². The minimum atomic E-state index is -0.222. The zero-order valence-electron chi connectivity index (χ0n) is 6.19. The first kappa shape index (κ1) is 6.54. The van der Waals surface area contributed by atoms with Gasteiger partial charge in [-0.3, -0.25) is 4.99 Å². The second-order valence-electron chi connectivity index (χ2n) is 2.60. The number of nitrogens with two attached hydrogens (primary N) is 1. The van der Waals surface area contributed by atoms with Gasteiger partial charge in [0.25, 0.3) is 0 Å². The maximum atomic E-state index is 5.65. The van der Waals surface area contributed by atoms with Crippen molar-refractivity contribution in [1.29, 1.82) is 0 Å². The predicted octanol–water partition coefficient (Wildman–Crippen LogP) is -0.794. The van der Waals surface area contributed by atoms with Crippen molar-refractivity contribution in [3.8, 4) is 0 Å². The Kier molecular flexibility index (Phi) is 1.29. The van der Waals surface area contributed by atoms with Crippen molar-refractivity contribution in [3.63, 3.8) is 0 Å². The SMILES string of the molecule is CC1N=c2occc2=NC1N. The number of hydrogen-bond acceptors (Lipinski definition) is 4. The maximum absolute atomic E-state index is 5.65. The van der Waals surface area contributed by atoms with Crippen molar-refractivity contribution < 1.29 is 4.42 Å². The molecule has 0 radical (unpaired) electrons. The molecule has 4 heteroatoms.